The maximum Gasteiger partial charge on any atom is 0.236 e. The molecule has 2 aliphatic rings. The molecule has 7 heteroatoms. The molecule has 0 saturated carbocycles. The van der Waals surface area contributed by atoms with Gasteiger partial charge in [-0.25, -0.2) is 9.97 Å². The molecule has 1 aromatic heterocycles. The highest BCUT2D eigenvalue weighted by Gasteiger charge is 2.25. The Hall–Kier alpha value is -3.29. The average Bonchev–Trinajstić information content (AvgIpc) is 2.91. The lowest BCUT2D eigenvalue weighted by Crippen LogP contribution is -2.47. The zero-order valence-electron chi connectivity index (χ0n) is 21.6. The number of aromatic nitrogens is 2. The molecule has 194 valence electrons. The molecule has 0 aliphatic carbocycles. The van der Waals surface area contributed by atoms with Crippen LogP contribution in [0.5, 0.6) is 5.75 Å². The lowest BCUT2D eigenvalue weighted by Gasteiger charge is -2.35. The molecule has 3 aromatic rings. The number of nitrogens with zero attached hydrogens (tertiary/aromatic N) is 4. The van der Waals surface area contributed by atoms with E-state index in [2.05, 4.69) is 63.1 Å². The van der Waals surface area contributed by atoms with Crippen molar-refractivity contribution in [2.24, 2.45) is 0 Å². The summed E-state index contributed by atoms with van der Waals surface area (Å²) in [6, 6.07) is 15.2. The predicted molar refractivity (Wildman–Crippen MR) is 143 cm³/mol. The summed E-state index contributed by atoms with van der Waals surface area (Å²) in [5.74, 6) is 1.09. The molecule has 3 heterocycles. The summed E-state index contributed by atoms with van der Waals surface area (Å²) in [6.45, 7) is 6.42. The first-order valence-electron chi connectivity index (χ1n) is 13.3. The topological polar surface area (TPSA) is 67.8 Å². The smallest absolute Gasteiger partial charge is 0.236 e. The van der Waals surface area contributed by atoms with Gasteiger partial charge in [-0.1, -0.05) is 30.3 Å². The van der Waals surface area contributed by atoms with Crippen LogP contribution in [0.4, 0.5) is 0 Å². The predicted octanol–water partition coefficient (Wildman–Crippen LogP) is 4.35. The number of amides is 1. The second kappa shape index (κ2) is 12.3. The van der Waals surface area contributed by atoms with Gasteiger partial charge in [-0.3, -0.25) is 9.69 Å². The number of benzene rings is 2. The van der Waals surface area contributed by atoms with Gasteiger partial charge in [-0.2, -0.15) is 0 Å². The third-order valence-corrected chi connectivity index (χ3v) is 7.27. The standard InChI is InChI=1S/C30H36N4O3/c1-23-5-2-3-10-34(23)30(35)21-33-11-12-36-13-14-37-29-9-8-26(28-18-31-22-32-19-28)17-27(29)16-24-6-4-7-25(15-24)20-33/h4,6-9,15,17-19,22-23H,2-3,5,10-14,16,20-21H2,1H3. The molecule has 0 N–H and O–H groups in total. The van der Waals surface area contributed by atoms with Crippen LogP contribution >= 0.6 is 0 Å². The zero-order chi connectivity index (χ0) is 25.5. The summed E-state index contributed by atoms with van der Waals surface area (Å²) in [7, 11) is 0. The normalized spacial score (nSPS) is 19.4. The van der Waals surface area contributed by atoms with Gasteiger partial charge in [0, 0.05) is 50.1 Å². The molecule has 0 radical (unpaired) electrons. The fraction of sp³-hybridized carbons (Fsp3) is 0.433. The first-order chi connectivity index (χ1) is 18.2. The molecule has 1 amide bonds. The fourth-order valence-corrected chi connectivity index (χ4v) is 5.27. The number of likely N-dealkylation sites (tertiary alicyclic amines) is 1. The molecule has 1 saturated heterocycles. The van der Waals surface area contributed by atoms with Gasteiger partial charge in [0.1, 0.15) is 18.7 Å². The van der Waals surface area contributed by atoms with Crippen LogP contribution < -0.4 is 4.74 Å². The number of carbonyl (C=O) groups excluding carboxylic acids is 1. The number of hydrogen-bond donors (Lipinski definition) is 0. The van der Waals surface area contributed by atoms with Crippen molar-refractivity contribution in [3.8, 4) is 16.9 Å². The van der Waals surface area contributed by atoms with Crippen LogP contribution in [-0.4, -0.2) is 71.2 Å². The van der Waals surface area contributed by atoms with Crippen molar-refractivity contribution in [2.45, 2.75) is 45.2 Å². The minimum absolute atomic E-state index is 0.221. The molecule has 5 rings (SSSR count). The second-order valence-corrected chi connectivity index (χ2v) is 10.0. The number of fused-ring (bicyclic) bond motifs is 3. The Balaban J connectivity index is 1.37. The summed E-state index contributed by atoms with van der Waals surface area (Å²) in [4.78, 5) is 25.8. The number of rotatable bonds is 3. The van der Waals surface area contributed by atoms with E-state index in [0.29, 0.717) is 39.0 Å². The number of carbonyl (C=O) groups is 1. The molecule has 1 unspecified atom stereocenters. The van der Waals surface area contributed by atoms with Gasteiger partial charge in [0.2, 0.25) is 5.91 Å². The van der Waals surface area contributed by atoms with Gasteiger partial charge >= 0.3 is 0 Å². The van der Waals surface area contributed by atoms with Crippen LogP contribution in [0.25, 0.3) is 11.1 Å². The van der Waals surface area contributed by atoms with E-state index in [0.717, 1.165) is 54.8 Å². The van der Waals surface area contributed by atoms with Crippen LogP contribution in [0.3, 0.4) is 0 Å². The lowest BCUT2D eigenvalue weighted by atomic mass is 9.98. The van der Waals surface area contributed by atoms with E-state index in [1.807, 2.05) is 18.5 Å². The quantitative estimate of drug-likeness (QED) is 0.533. The molecular formula is C30H36N4O3. The van der Waals surface area contributed by atoms with E-state index in [-0.39, 0.29) is 5.91 Å². The average molecular weight is 501 g/mol. The fourth-order valence-electron chi connectivity index (χ4n) is 5.27. The van der Waals surface area contributed by atoms with E-state index in [9.17, 15) is 4.79 Å². The van der Waals surface area contributed by atoms with Gasteiger partial charge in [0.05, 0.1) is 19.8 Å². The molecule has 0 spiro atoms. The highest BCUT2D eigenvalue weighted by Crippen LogP contribution is 2.29. The Morgan fingerprint density at radius 1 is 0.973 bits per heavy atom. The molecule has 7 nitrogen and oxygen atoms in total. The van der Waals surface area contributed by atoms with Gasteiger partial charge in [-0.15, -0.1) is 0 Å². The second-order valence-electron chi connectivity index (χ2n) is 10.0. The van der Waals surface area contributed by atoms with Crippen molar-refractivity contribution in [1.82, 2.24) is 19.8 Å². The Labute approximate surface area is 219 Å². The van der Waals surface area contributed by atoms with Crippen LogP contribution in [0.1, 0.15) is 42.9 Å². The van der Waals surface area contributed by atoms with Crippen molar-refractivity contribution in [1.29, 1.82) is 0 Å². The first kappa shape index (κ1) is 25.4. The maximum atomic E-state index is 13.2. The summed E-state index contributed by atoms with van der Waals surface area (Å²) < 4.78 is 12.1. The van der Waals surface area contributed by atoms with Crippen LogP contribution in [-0.2, 0) is 22.5 Å². The number of hydrogen-bond acceptors (Lipinski definition) is 6. The molecule has 2 aromatic carbocycles. The van der Waals surface area contributed by atoms with Gasteiger partial charge in [-0.05, 0) is 60.6 Å². The van der Waals surface area contributed by atoms with Gasteiger partial charge in [0.25, 0.3) is 0 Å². The maximum absolute atomic E-state index is 13.2. The lowest BCUT2D eigenvalue weighted by molar-refractivity contribution is -0.136. The van der Waals surface area contributed by atoms with Gasteiger partial charge in [0.15, 0.2) is 0 Å². The Morgan fingerprint density at radius 3 is 2.70 bits per heavy atom. The van der Waals surface area contributed by atoms with Crippen molar-refractivity contribution >= 4 is 5.91 Å². The summed E-state index contributed by atoms with van der Waals surface area (Å²) >= 11 is 0. The Bertz CT molecular complexity index is 1190. The summed E-state index contributed by atoms with van der Waals surface area (Å²) in [5, 5.41) is 0. The monoisotopic (exact) mass is 500 g/mol. The van der Waals surface area contributed by atoms with E-state index in [1.54, 1.807) is 6.33 Å². The van der Waals surface area contributed by atoms with Crippen molar-refractivity contribution < 1.29 is 14.3 Å². The first-order valence-corrected chi connectivity index (χ1v) is 13.3. The van der Waals surface area contributed by atoms with E-state index in [1.165, 1.54) is 17.5 Å². The third kappa shape index (κ3) is 6.73. The molecule has 37 heavy (non-hydrogen) atoms. The molecular weight excluding hydrogens is 464 g/mol. The Morgan fingerprint density at radius 2 is 1.84 bits per heavy atom. The van der Waals surface area contributed by atoms with E-state index in [4.69, 9.17) is 9.47 Å². The van der Waals surface area contributed by atoms with Crippen LogP contribution in [0.2, 0.25) is 0 Å². The van der Waals surface area contributed by atoms with Crippen LogP contribution in [0, 0.1) is 0 Å². The summed E-state index contributed by atoms with van der Waals surface area (Å²) in [5.41, 5.74) is 5.57. The van der Waals surface area contributed by atoms with Crippen LogP contribution in [0.15, 0.2) is 61.2 Å². The van der Waals surface area contributed by atoms with E-state index < -0.39 is 0 Å². The molecule has 1 atom stereocenters. The molecule has 2 bridgehead atoms. The van der Waals surface area contributed by atoms with Crippen molar-refractivity contribution in [2.75, 3.05) is 39.5 Å². The highest BCUT2D eigenvalue weighted by molar-refractivity contribution is 5.78. The van der Waals surface area contributed by atoms with E-state index >= 15 is 0 Å². The number of piperidine rings is 1. The molecule has 1 fully saturated rings. The largest absolute Gasteiger partial charge is 0.491 e. The van der Waals surface area contributed by atoms with Crippen molar-refractivity contribution in [3.05, 3.63) is 77.9 Å². The zero-order valence-corrected chi connectivity index (χ0v) is 21.6. The minimum Gasteiger partial charge on any atom is -0.491 e. The highest BCUT2D eigenvalue weighted by atomic mass is 16.5. The third-order valence-electron chi connectivity index (χ3n) is 7.27. The summed E-state index contributed by atoms with van der Waals surface area (Å²) in [6.07, 6.45) is 9.35. The SMILES string of the molecule is CC1CCCCN1C(=O)CN1CCOCCOc2ccc(-c3cncnc3)cc2Cc2cccc(c2)C1. The number of ether oxygens (including phenoxy) is 2. The molecule has 2 aliphatic heterocycles. The Kier molecular flexibility index (Phi) is 8.43. The van der Waals surface area contributed by atoms with Crippen molar-refractivity contribution in [3.63, 3.8) is 0 Å². The minimum atomic E-state index is 0.221. The van der Waals surface area contributed by atoms with Gasteiger partial charge < -0.3 is 14.4 Å².